The molecule has 0 saturated carbocycles. The monoisotopic (exact) mass is 293 g/mol. The SMILES string of the molecule is Cn1cc(-c2ccnc3[nH]ccc23)c(-c2ccc(F)cn2)n1. The highest BCUT2D eigenvalue weighted by Crippen LogP contribution is 2.33. The third-order valence-electron chi connectivity index (χ3n) is 3.55. The van der Waals surface area contributed by atoms with Gasteiger partial charge >= 0.3 is 0 Å². The summed E-state index contributed by atoms with van der Waals surface area (Å²) in [4.78, 5) is 11.5. The van der Waals surface area contributed by atoms with E-state index in [1.807, 2.05) is 31.6 Å². The summed E-state index contributed by atoms with van der Waals surface area (Å²) < 4.78 is 14.8. The highest BCUT2D eigenvalue weighted by Gasteiger charge is 2.16. The Morgan fingerprint density at radius 3 is 2.82 bits per heavy atom. The lowest BCUT2D eigenvalue weighted by atomic mass is 10.0. The van der Waals surface area contributed by atoms with Crippen molar-refractivity contribution in [2.24, 2.45) is 7.05 Å². The molecule has 22 heavy (non-hydrogen) atoms. The van der Waals surface area contributed by atoms with Gasteiger partial charge in [-0.3, -0.25) is 9.67 Å². The fourth-order valence-corrected chi connectivity index (χ4v) is 2.59. The molecule has 4 rings (SSSR count). The van der Waals surface area contributed by atoms with Crippen molar-refractivity contribution in [2.75, 3.05) is 0 Å². The van der Waals surface area contributed by atoms with Crippen molar-refractivity contribution in [3.8, 4) is 22.5 Å². The first-order chi connectivity index (χ1) is 10.7. The molecule has 0 bridgehead atoms. The number of pyridine rings is 2. The minimum absolute atomic E-state index is 0.363. The van der Waals surface area contributed by atoms with Crippen LogP contribution in [0.3, 0.4) is 0 Å². The number of hydrogen-bond acceptors (Lipinski definition) is 3. The number of aromatic nitrogens is 5. The normalized spacial score (nSPS) is 11.2. The molecule has 0 spiro atoms. The minimum atomic E-state index is -0.363. The Kier molecular flexibility index (Phi) is 2.75. The molecule has 0 saturated heterocycles. The number of H-pyrrole nitrogens is 1. The van der Waals surface area contributed by atoms with Gasteiger partial charge in [-0.25, -0.2) is 9.37 Å². The molecular formula is C16H12FN5. The Morgan fingerprint density at radius 2 is 2.00 bits per heavy atom. The molecule has 4 aromatic rings. The van der Waals surface area contributed by atoms with E-state index < -0.39 is 0 Å². The maximum atomic E-state index is 13.1. The molecule has 0 aliphatic carbocycles. The summed E-state index contributed by atoms with van der Waals surface area (Å²) in [6, 6.07) is 6.95. The molecule has 0 radical (unpaired) electrons. The molecule has 0 aliphatic rings. The van der Waals surface area contributed by atoms with Crippen molar-refractivity contribution >= 4 is 11.0 Å². The molecular weight excluding hydrogens is 281 g/mol. The van der Waals surface area contributed by atoms with Crippen molar-refractivity contribution in [1.29, 1.82) is 0 Å². The second kappa shape index (κ2) is 4.77. The summed E-state index contributed by atoms with van der Waals surface area (Å²) in [5.74, 6) is -0.363. The first kappa shape index (κ1) is 12.7. The van der Waals surface area contributed by atoms with E-state index in [9.17, 15) is 4.39 Å². The van der Waals surface area contributed by atoms with Gasteiger partial charge in [-0.15, -0.1) is 0 Å². The van der Waals surface area contributed by atoms with Crippen LogP contribution in [0.2, 0.25) is 0 Å². The summed E-state index contributed by atoms with van der Waals surface area (Å²) >= 11 is 0. The Hall–Kier alpha value is -3.02. The minimum Gasteiger partial charge on any atom is -0.346 e. The molecule has 5 nitrogen and oxygen atoms in total. The molecule has 4 aromatic heterocycles. The first-order valence-corrected chi connectivity index (χ1v) is 6.80. The van der Waals surface area contributed by atoms with E-state index in [4.69, 9.17) is 0 Å². The lowest BCUT2D eigenvalue weighted by Crippen LogP contribution is -1.90. The molecule has 0 aliphatic heterocycles. The summed E-state index contributed by atoms with van der Waals surface area (Å²) in [7, 11) is 1.85. The van der Waals surface area contributed by atoms with Gasteiger partial charge < -0.3 is 4.98 Å². The van der Waals surface area contributed by atoms with Crippen LogP contribution in [0.25, 0.3) is 33.5 Å². The second-order valence-electron chi connectivity index (χ2n) is 5.03. The van der Waals surface area contributed by atoms with Crippen LogP contribution in [0.1, 0.15) is 0 Å². The number of halogens is 1. The average molecular weight is 293 g/mol. The second-order valence-corrected chi connectivity index (χ2v) is 5.03. The first-order valence-electron chi connectivity index (χ1n) is 6.80. The Morgan fingerprint density at radius 1 is 1.09 bits per heavy atom. The summed E-state index contributed by atoms with van der Waals surface area (Å²) in [6.07, 6.45) is 6.74. The van der Waals surface area contributed by atoms with E-state index in [-0.39, 0.29) is 5.82 Å². The third-order valence-corrected chi connectivity index (χ3v) is 3.55. The van der Waals surface area contributed by atoms with E-state index in [1.54, 1.807) is 16.9 Å². The molecule has 1 N–H and O–H groups in total. The van der Waals surface area contributed by atoms with Gasteiger partial charge in [0.25, 0.3) is 0 Å². The number of hydrogen-bond donors (Lipinski definition) is 1. The number of aryl methyl sites for hydroxylation is 1. The quantitative estimate of drug-likeness (QED) is 0.617. The molecule has 0 atom stereocenters. The molecule has 4 heterocycles. The predicted molar refractivity (Wildman–Crippen MR) is 81.5 cm³/mol. The van der Waals surface area contributed by atoms with Crippen molar-refractivity contribution in [1.82, 2.24) is 24.7 Å². The van der Waals surface area contributed by atoms with Crippen molar-refractivity contribution in [3.05, 3.63) is 54.9 Å². The summed E-state index contributed by atoms with van der Waals surface area (Å²) in [6.45, 7) is 0. The predicted octanol–water partition coefficient (Wildman–Crippen LogP) is 3.16. The van der Waals surface area contributed by atoms with Crippen LogP contribution in [0, 0.1) is 5.82 Å². The lowest BCUT2D eigenvalue weighted by molar-refractivity contribution is 0.621. The van der Waals surface area contributed by atoms with E-state index in [0.717, 1.165) is 27.9 Å². The number of rotatable bonds is 2. The molecule has 0 unspecified atom stereocenters. The molecule has 0 fully saturated rings. The van der Waals surface area contributed by atoms with Crippen molar-refractivity contribution in [2.45, 2.75) is 0 Å². The van der Waals surface area contributed by atoms with E-state index >= 15 is 0 Å². The van der Waals surface area contributed by atoms with Crippen LogP contribution >= 0.6 is 0 Å². The Balaban J connectivity index is 1.96. The Labute approximate surface area is 125 Å². The fourth-order valence-electron chi connectivity index (χ4n) is 2.59. The van der Waals surface area contributed by atoms with Gasteiger partial charge in [0.15, 0.2) is 0 Å². The summed E-state index contributed by atoms with van der Waals surface area (Å²) in [5.41, 5.74) is 4.13. The van der Waals surface area contributed by atoms with Gasteiger partial charge in [0.1, 0.15) is 17.2 Å². The zero-order chi connectivity index (χ0) is 15.1. The van der Waals surface area contributed by atoms with Gasteiger partial charge in [-0.2, -0.15) is 5.10 Å². The number of aromatic amines is 1. The Bertz CT molecular complexity index is 952. The summed E-state index contributed by atoms with van der Waals surface area (Å²) in [5, 5.41) is 5.49. The van der Waals surface area contributed by atoms with Gasteiger partial charge in [0, 0.05) is 36.6 Å². The topological polar surface area (TPSA) is 59.4 Å². The maximum absolute atomic E-state index is 13.1. The van der Waals surface area contributed by atoms with E-state index in [0.29, 0.717) is 5.69 Å². The van der Waals surface area contributed by atoms with Crippen molar-refractivity contribution in [3.63, 3.8) is 0 Å². The van der Waals surface area contributed by atoms with Gasteiger partial charge in [0.2, 0.25) is 0 Å². The standard InChI is InChI=1S/C16H12FN5/c1-22-9-13(11-4-6-18-16-12(11)5-7-19-16)15(21-22)14-3-2-10(17)8-20-14/h2-9H,1H3,(H,18,19). The molecule has 0 amide bonds. The molecule has 0 aromatic carbocycles. The van der Waals surface area contributed by atoms with Crippen LogP contribution in [-0.2, 0) is 7.05 Å². The zero-order valence-corrected chi connectivity index (χ0v) is 11.8. The van der Waals surface area contributed by atoms with E-state index in [1.165, 1.54) is 12.3 Å². The number of nitrogens with zero attached hydrogens (tertiary/aromatic N) is 4. The van der Waals surface area contributed by atoms with Gasteiger partial charge in [-0.05, 0) is 29.8 Å². The smallest absolute Gasteiger partial charge is 0.141 e. The maximum Gasteiger partial charge on any atom is 0.141 e. The van der Waals surface area contributed by atoms with Crippen molar-refractivity contribution < 1.29 is 4.39 Å². The molecule has 6 heteroatoms. The fraction of sp³-hybridized carbons (Fsp3) is 0.0625. The number of fused-ring (bicyclic) bond motifs is 1. The lowest BCUT2D eigenvalue weighted by Gasteiger charge is -2.03. The molecule has 108 valence electrons. The van der Waals surface area contributed by atoms with Crippen LogP contribution in [0.4, 0.5) is 4.39 Å². The third kappa shape index (κ3) is 1.96. The van der Waals surface area contributed by atoms with E-state index in [2.05, 4.69) is 20.1 Å². The van der Waals surface area contributed by atoms with Crippen LogP contribution in [0.5, 0.6) is 0 Å². The number of nitrogens with one attached hydrogen (secondary N) is 1. The zero-order valence-electron chi connectivity index (χ0n) is 11.8. The average Bonchev–Trinajstić information content (AvgIpc) is 3.14. The van der Waals surface area contributed by atoms with Crippen LogP contribution in [-0.4, -0.2) is 24.7 Å². The van der Waals surface area contributed by atoms with Gasteiger partial charge in [0.05, 0.1) is 11.9 Å². The highest BCUT2D eigenvalue weighted by molar-refractivity contribution is 5.96. The van der Waals surface area contributed by atoms with Crippen LogP contribution < -0.4 is 0 Å². The van der Waals surface area contributed by atoms with Gasteiger partial charge in [-0.1, -0.05) is 0 Å². The highest BCUT2D eigenvalue weighted by atomic mass is 19.1. The van der Waals surface area contributed by atoms with Crippen LogP contribution in [0.15, 0.2) is 49.1 Å². The largest absolute Gasteiger partial charge is 0.346 e.